The fraction of sp³-hybridized carbons (Fsp3) is 0.947. The fourth-order valence-corrected chi connectivity index (χ4v) is 2.81. The Kier molecular flexibility index (Phi) is 17.7. The van der Waals surface area contributed by atoms with Gasteiger partial charge in [-0.25, -0.2) is 0 Å². The second-order valence-corrected chi connectivity index (χ2v) is 6.40. The molecule has 0 rings (SSSR count). The minimum Gasteiger partial charge on any atom is -0.432 e. The van der Waals surface area contributed by atoms with Gasteiger partial charge < -0.3 is 4.74 Å². The number of carbonyl (C=O) groups is 1. The third-order valence-electron chi connectivity index (χ3n) is 4.22. The number of carbonyl (C=O) groups excluding carboxylic acids is 1. The Hall–Kier alpha value is -0.730. The number of rotatable bonds is 17. The van der Waals surface area contributed by atoms with Crippen molar-refractivity contribution in [2.45, 2.75) is 110 Å². The molecule has 1 radical (unpaired) electrons. The zero-order valence-electron chi connectivity index (χ0n) is 14.7. The Morgan fingerprint density at radius 1 is 0.591 bits per heavy atom. The predicted molar refractivity (Wildman–Crippen MR) is 91.6 cm³/mol. The van der Waals surface area contributed by atoms with Gasteiger partial charge in [0.2, 0.25) is 0 Å². The highest BCUT2D eigenvalue weighted by atomic mass is 16.7. The van der Waals surface area contributed by atoms with Crippen LogP contribution in [0.1, 0.15) is 110 Å². The van der Waals surface area contributed by atoms with Gasteiger partial charge in [0.05, 0.1) is 6.61 Å². The SMILES string of the molecule is CCCCCCCCCCCCCCCCCCOC([O])=O. The highest BCUT2D eigenvalue weighted by Crippen LogP contribution is 2.13. The maximum absolute atomic E-state index is 10.0. The van der Waals surface area contributed by atoms with Crippen LogP contribution in [-0.4, -0.2) is 12.8 Å². The molecular weight excluding hydrogens is 276 g/mol. The number of hydrogen-bond donors (Lipinski definition) is 0. The first kappa shape index (κ1) is 21.3. The van der Waals surface area contributed by atoms with Gasteiger partial charge in [0.1, 0.15) is 0 Å². The maximum atomic E-state index is 10.0. The monoisotopic (exact) mass is 313 g/mol. The van der Waals surface area contributed by atoms with E-state index in [0.717, 1.165) is 12.8 Å². The predicted octanol–water partition coefficient (Wildman–Crippen LogP) is 6.82. The van der Waals surface area contributed by atoms with Crippen LogP contribution >= 0.6 is 0 Å². The van der Waals surface area contributed by atoms with E-state index in [2.05, 4.69) is 11.7 Å². The van der Waals surface area contributed by atoms with E-state index in [0.29, 0.717) is 6.61 Å². The van der Waals surface area contributed by atoms with Gasteiger partial charge in [0, 0.05) is 0 Å². The number of unbranched alkanes of at least 4 members (excludes halogenated alkanes) is 15. The molecule has 0 atom stereocenters. The maximum Gasteiger partial charge on any atom is 0.549 e. The van der Waals surface area contributed by atoms with Gasteiger partial charge in [-0.15, -0.1) is 0 Å². The molecule has 22 heavy (non-hydrogen) atoms. The Morgan fingerprint density at radius 3 is 1.23 bits per heavy atom. The highest BCUT2D eigenvalue weighted by Gasteiger charge is 1.98. The number of ether oxygens (including phenoxy) is 1. The second-order valence-electron chi connectivity index (χ2n) is 6.40. The molecule has 0 amide bonds. The van der Waals surface area contributed by atoms with Crippen LogP contribution in [0.4, 0.5) is 4.79 Å². The van der Waals surface area contributed by atoms with Crippen LogP contribution in [0.2, 0.25) is 0 Å². The van der Waals surface area contributed by atoms with Gasteiger partial charge in [0.15, 0.2) is 0 Å². The largest absolute Gasteiger partial charge is 0.549 e. The average Bonchev–Trinajstić information content (AvgIpc) is 2.50. The first-order chi connectivity index (χ1) is 10.8. The van der Waals surface area contributed by atoms with Crippen molar-refractivity contribution in [3.63, 3.8) is 0 Å². The molecule has 0 N–H and O–H groups in total. The van der Waals surface area contributed by atoms with Crippen molar-refractivity contribution in [1.29, 1.82) is 0 Å². The Balaban J connectivity index is 2.95. The fourth-order valence-electron chi connectivity index (χ4n) is 2.81. The third kappa shape index (κ3) is 19.3. The van der Waals surface area contributed by atoms with Crippen LogP contribution < -0.4 is 0 Å². The van der Waals surface area contributed by atoms with Gasteiger partial charge >= 0.3 is 6.16 Å². The summed E-state index contributed by atoms with van der Waals surface area (Å²) in [7, 11) is 0. The summed E-state index contributed by atoms with van der Waals surface area (Å²) in [6.45, 7) is 2.56. The van der Waals surface area contributed by atoms with Crippen LogP contribution in [0.25, 0.3) is 0 Å². The second kappa shape index (κ2) is 18.3. The van der Waals surface area contributed by atoms with Crippen LogP contribution in [0, 0.1) is 0 Å². The minimum absolute atomic E-state index is 0.292. The van der Waals surface area contributed by atoms with Gasteiger partial charge in [-0.3, -0.25) is 0 Å². The van der Waals surface area contributed by atoms with E-state index in [1.807, 2.05) is 0 Å². The number of hydrogen-bond acceptors (Lipinski definition) is 2. The molecule has 3 heteroatoms. The average molecular weight is 314 g/mol. The molecule has 0 fully saturated rings. The molecule has 0 aromatic carbocycles. The summed E-state index contributed by atoms with van der Waals surface area (Å²) in [5.41, 5.74) is 0. The lowest BCUT2D eigenvalue weighted by Gasteiger charge is -2.03. The molecule has 0 aliphatic carbocycles. The lowest BCUT2D eigenvalue weighted by Crippen LogP contribution is -1.99. The van der Waals surface area contributed by atoms with E-state index in [1.54, 1.807) is 0 Å². The quantitative estimate of drug-likeness (QED) is 0.218. The summed E-state index contributed by atoms with van der Waals surface area (Å²) in [6, 6.07) is 0. The summed E-state index contributed by atoms with van der Waals surface area (Å²) < 4.78 is 4.37. The van der Waals surface area contributed by atoms with Crippen molar-refractivity contribution in [3.05, 3.63) is 0 Å². The molecule has 0 aromatic heterocycles. The van der Waals surface area contributed by atoms with Gasteiger partial charge in [-0.05, 0) is 6.42 Å². The Morgan fingerprint density at radius 2 is 0.909 bits per heavy atom. The lowest BCUT2D eigenvalue weighted by molar-refractivity contribution is 0.0664. The topological polar surface area (TPSA) is 46.2 Å². The van der Waals surface area contributed by atoms with Gasteiger partial charge in [-0.1, -0.05) is 103 Å². The van der Waals surface area contributed by atoms with E-state index in [4.69, 9.17) is 0 Å². The van der Waals surface area contributed by atoms with E-state index >= 15 is 0 Å². The summed E-state index contributed by atoms with van der Waals surface area (Å²) >= 11 is 0. The molecule has 0 spiro atoms. The molecule has 0 saturated heterocycles. The van der Waals surface area contributed by atoms with Crippen molar-refractivity contribution < 1.29 is 14.6 Å². The van der Waals surface area contributed by atoms with Crippen molar-refractivity contribution in [2.24, 2.45) is 0 Å². The van der Waals surface area contributed by atoms with Crippen LogP contribution in [0.3, 0.4) is 0 Å². The molecule has 131 valence electrons. The standard InChI is InChI=1S/C19H37O3/c1-2-3-4-5-6-7-8-9-10-11-12-13-14-15-16-17-18-22-19(20)21/h2-18H2,1H3. The van der Waals surface area contributed by atoms with Crippen LogP contribution in [0.15, 0.2) is 0 Å². The first-order valence-electron chi connectivity index (χ1n) is 9.61. The smallest absolute Gasteiger partial charge is 0.432 e. The highest BCUT2D eigenvalue weighted by molar-refractivity contribution is 5.56. The molecule has 0 aliphatic rings. The normalized spacial score (nSPS) is 10.8. The van der Waals surface area contributed by atoms with Crippen molar-refractivity contribution in [3.8, 4) is 0 Å². The zero-order chi connectivity index (χ0) is 16.3. The van der Waals surface area contributed by atoms with Crippen molar-refractivity contribution >= 4 is 6.16 Å². The van der Waals surface area contributed by atoms with E-state index in [1.165, 1.54) is 89.9 Å². The summed E-state index contributed by atoms with van der Waals surface area (Å²) in [5.74, 6) is 0. The molecule has 0 aromatic rings. The molecule has 0 aliphatic heterocycles. The lowest BCUT2D eigenvalue weighted by atomic mass is 10.0. The van der Waals surface area contributed by atoms with Gasteiger partial charge in [-0.2, -0.15) is 9.90 Å². The van der Waals surface area contributed by atoms with E-state index in [-0.39, 0.29) is 0 Å². The molecular formula is C19H37O3. The van der Waals surface area contributed by atoms with Crippen LogP contribution in [-0.2, 0) is 9.84 Å². The summed E-state index contributed by atoms with van der Waals surface area (Å²) in [6.07, 6.45) is 19.7. The van der Waals surface area contributed by atoms with Gasteiger partial charge in [0.25, 0.3) is 0 Å². The molecule has 0 heterocycles. The van der Waals surface area contributed by atoms with Crippen LogP contribution in [0.5, 0.6) is 0 Å². The Labute approximate surface area is 137 Å². The zero-order valence-corrected chi connectivity index (χ0v) is 14.7. The van der Waals surface area contributed by atoms with E-state index < -0.39 is 6.16 Å². The van der Waals surface area contributed by atoms with E-state index in [9.17, 15) is 9.90 Å². The molecule has 0 bridgehead atoms. The third-order valence-corrected chi connectivity index (χ3v) is 4.22. The first-order valence-corrected chi connectivity index (χ1v) is 9.61. The van der Waals surface area contributed by atoms with Crippen molar-refractivity contribution in [2.75, 3.05) is 6.61 Å². The summed E-state index contributed by atoms with van der Waals surface area (Å²) in [4.78, 5) is 10.0. The molecule has 0 unspecified atom stereocenters. The Bertz CT molecular complexity index is 229. The molecule has 0 saturated carbocycles. The summed E-state index contributed by atoms with van der Waals surface area (Å²) in [5, 5.41) is 10.0. The molecule has 3 nitrogen and oxygen atoms in total. The van der Waals surface area contributed by atoms with Crippen molar-refractivity contribution in [1.82, 2.24) is 0 Å². The minimum atomic E-state index is -1.40.